The summed E-state index contributed by atoms with van der Waals surface area (Å²) in [5.41, 5.74) is 10.1. The summed E-state index contributed by atoms with van der Waals surface area (Å²) >= 11 is 0. The Balaban J connectivity index is 2.00. The molecule has 0 saturated carbocycles. The van der Waals surface area contributed by atoms with Crippen LogP contribution in [0.15, 0.2) is 52.9 Å². The Morgan fingerprint density at radius 1 is 0.690 bits per heavy atom. The zero-order valence-electron chi connectivity index (χ0n) is 18.8. The summed E-state index contributed by atoms with van der Waals surface area (Å²) in [5, 5.41) is 2.42. The van der Waals surface area contributed by atoms with E-state index in [1.54, 1.807) is 0 Å². The third-order valence-corrected chi connectivity index (χ3v) is 6.23. The van der Waals surface area contributed by atoms with E-state index >= 15 is 0 Å². The van der Waals surface area contributed by atoms with Crippen LogP contribution in [-0.2, 0) is 0 Å². The molecule has 3 aromatic carbocycles. The highest BCUT2D eigenvalue weighted by Crippen LogP contribution is 2.39. The quantitative estimate of drug-likeness (QED) is 0.342. The molecule has 0 radical (unpaired) electrons. The highest BCUT2D eigenvalue weighted by atomic mass is 16.3. The van der Waals surface area contributed by atoms with E-state index in [1.807, 2.05) is 0 Å². The van der Waals surface area contributed by atoms with Crippen LogP contribution in [0.3, 0.4) is 0 Å². The first-order chi connectivity index (χ1) is 13.8. The van der Waals surface area contributed by atoms with E-state index in [0.717, 1.165) is 11.2 Å². The lowest BCUT2D eigenvalue weighted by molar-refractivity contribution is 0.669. The number of furan rings is 1. The van der Waals surface area contributed by atoms with Crippen molar-refractivity contribution in [2.24, 2.45) is 0 Å². The van der Waals surface area contributed by atoms with Gasteiger partial charge in [-0.25, -0.2) is 0 Å². The molecular weight excluding hydrogens is 352 g/mol. The van der Waals surface area contributed by atoms with Crippen LogP contribution in [0, 0.1) is 6.92 Å². The minimum Gasteiger partial charge on any atom is -0.455 e. The van der Waals surface area contributed by atoms with Gasteiger partial charge in [-0.2, -0.15) is 0 Å². The molecule has 0 saturated heterocycles. The predicted molar refractivity (Wildman–Crippen MR) is 126 cm³/mol. The van der Waals surface area contributed by atoms with Gasteiger partial charge >= 0.3 is 0 Å². The summed E-state index contributed by atoms with van der Waals surface area (Å²) < 4.78 is 6.40. The molecule has 1 nitrogen and oxygen atoms in total. The van der Waals surface area contributed by atoms with Crippen LogP contribution >= 0.6 is 0 Å². The van der Waals surface area contributed by atoms with Gasteiger partial charge in [0, 0.05) is 16.3 Å². The first kappa shape index (κ1) is 19.8. The van der Waals surface area contributed by atoms with Crippen LogP contribution in [-0.4, -0.2) is 0 Å². The molecule has 0 fully saturated rings. The number of benzene rings is 3. The molecule has 0 bridgehead atoms. The standard InChI is InChI=1S/C28H32O/c1-16(2)20-11-12-27-26(13-20)23-10-8-9-22(28(23)29-27)21-14-24(17(3)4)19(7)25(15-21)18(5)6/h8-18H,1-7H3. The van der Waals surface area contributed by atoms with Gasteiger partial charge in [0.25, 0.3) is 0 Å². The average molecular weight is 385 g/mol. The van der Waals surface area contributed by atoms with Crippen molar-refractivity contribution in [3.05, 3.63) is 70.8 Å². The van der Waals surface area contributed by atoms with E-state index in [1.165, 1.54) is 44.2 Å². The second-order valence-corrected chi connectivity index (χ2v) is 9.28. The fourth-order valence-electron chi connectivity index (χ4n) is 4.52. The number of fused-ring (bicyclic) bond motifs is 3. The van der Waals surface area contributed by atoms with Crippen LogP contribution in [0.1, 0.15) is 81.5 Å². The Bertz CT molecular complexity index is 1160. The van der Waals surface area contributed by atoms with Crippen molar-refractivity contribution in [3.8, 4) is 11.1 Å². The Hall–Kier alpha value is -2.54. The maximum absolute atomic E-state index is 6.40. The second kappa shape index (κ2) is 7.37. The lowest BCUT2D eigenvalue weighted by Gasteiger charge is -2.19. The van der Waals surface area contributed by atoms with Crippen LogP contribution in [0.2, 0.25) is 0 Å². The molecule has 1 aromatic heterocycles. The van der Waals surface area contributed by atoms with Gasteiger partial charge in [-0.1, -0.05) is 77.9 Å². The molecule has 0 atom stereocenters. The van der Waals surface area contributed by atoms with E-state index in [-0.39, 0.29) is 0 Å². The highest BCUT2D eigenvalue weighted by Gasteiger charge is 2.17. The third kappa shape index (κ3) is 3.37. The van der Waals surface area contributed by atoms with Gasteiger partial charge in [0.15, 0.2) is 0 Å². The molecule has 0 aliphatic rings. The Kier molecular flexibility index (Phi) is 5.02. The zero-order chi connectivity index (χ0) is 20.9. The van der Waals surface area contributed by atoms with E-state index in [0.29, 0.717) is 17.8 Å². The lowest BCUT2D eigenvalue weighted by Crippen LogP contribution is -2.00. The predicted octanol–water partition coefficient (Wildman–Crippen LogP) is 8.93. The van der Waals surface area contributed by atoms with Crippen LogP contribution in [0.4, 0.5) is 0 Å². The maximum atomic E-state index is 6.40. The van der Waals surface area contributed by atoms with Crippen molar-refractivity contribution in [2.45, 2.75) is 66.2 Å². The molecule has 0 aliphatic heterocycles. The molecule has 1 heteroatoms. The zero-order valence-corrected chi connectivity index (χ0v) is 18.8. The molecule has 1 heterocycles. The van der Waals surface area contributed by atoms with Crippen molar-refractivity contribution >= 4 is 21.9 Å². The molecule has 150 valence electrons. The summed E-state index contributed by atoms with van der Waals surface area (Å²) in [4.78, 5) is 0. The van der Waals surface area contributed by atoms with Crippen molar-refractivity contribution in [1.82, 2.24) is 0 Å². The summed E-state index contributed by atoms with van der Waals surface area (Å²) in [6.07, 6.45) is 0. The molecule has 0 amide bonds. The molecule has 0 aliphatic carbocycles. The van der Waals surface area contributed by atoms with E-state index in [4.69, 9.17) is 4.42 Å². The second-order valence-electron chi connectivity index (χ2n) is 9.28. The average Bonchev–Trinajstić information content (AvgIpc) is 3.05. The summed E-state index contributed by atoms with van der Waals surface area (Å²) in [6, 6.07) is 17.9. The third-order valence-electron chi connectivity index (χ3n) is 6.23. The lowest BCUT2D eigenvalue weighted by atomic mass is 9.86. The SMILES string of the molecule is Cc1c(C(C)C)cc(-c2cccc3c2oc2ccc(C(C)C)cc23)cc1C(C)C. The summed E-state index contributed by atoms with van der Waals surface area (Å²) in [5.74, 6) is 1.50. The van der Waals surface area contributed by atoms with Crippen molar-refractivity contribution < 1.29 is 4.42 Å². The molecule has 4 rings (SSSR count). The maximum Gasteiger partial charge on any atom is 0.143 e. The van der Waals surface area contributed by atoms with Crippen LogP contribution in [0.5, 0.6) is 0 Å². The van der Waals surface area contributed by atoms with Gasteiger partial charge in [0.2, 0.25) is 0 Å². The first-order valence-corrected chi connectivity index (χ1v) is 10.9. The largest absolute Gasteiger partial charge is 0.455 e. The van der Waals surface area contributed by atoms with Gasteiger partial charge in [-0.3, -0.25) is 0 Å². The van der Waals surface area contributed by atoms with Gasteiger partial charge in [0.1, 0.15) is 11.2 Å². The number of hydrogen-bond donors (Lipinski definition) is 0. The first-order valence-electron chi connectivity index (χ1n) is 10.9. The molecular formula is C28H32O. The van der Waals surface area contributed by atoms with E-state index in [2.05, 4.69) is 97.0 Å². The molecule has 29 heavy (non-hydrogen) atoms. The normalized spacial score (nSPS) is 12.2. The van der Waals surface area contributed by atoms with E-state index < -0.39 is 0 Å². The smallest absolute Gasteiger partial charge is 0.143 e. The fraction of sp³-hybridized carbons (Fsp3) is 0.357. The molecule has 0 N–H and O–H groups in total. The Morgan fingerprint density at radius 3 is 1.93 bits per heavy atom. The minimum atomic E-state index is 0.496. The van der Waals surface area contributed by atoms with Gasteiger partial charge in [-0.15, -0.1) is 0 Å². The van der Waals surface area contributed by atoms with Crippen molar-refractivity contribution in [2.75, 3.05) is 0 Å². The Morgan fingerprint density at radius 2 is 1.34 bits per heavy atom. The van der Waals surface area contributed by atoms with Gasteiger partial charge < -0.3 is 4.42 Å². The van der Waals surface area contributed by atoms with Crippen molar-refractivity contribution in [3.63, 3.8) is 0 Å². The summed E-state index contributed by atoms with van der Waals surface area (Å²) in [7, 11) is 0. The topological polar surface area (TPSA) is 13.1 Å². The molecule has 4 aromatic rings. The number of rotatable bonds is 4. The van der Waals surface area contributed by atoms with Crippen LogP contribution in [0.25, 0.3) is 33.1 Å². The fourth-order valence-corrected chi connectivity index (χ4v) is 4.52. The monoisotopic (exact) mass is 384 g/mol. The summed E-state index contributed by atoms with van der Waals surface area (Å²) in [6.45, 7) is 15.9. The number of para-hydroxylation sites is 1. The molecule has 0 spiro atoms. The molecule has 0 unspecified atom stereocenters. The minimum absolute atomic E-state index is 0.496. The number of hydrogen-bond acceptors (Lipinski definition) is 1. The van der Waals surface area contributed by atoms with Gasteiger partial charge in [-0.05, 0) is 64.6 Å². The van der Waals surface area contributed by atoms with Gasteiger partial charge in [0.05, 0.1) is 0 Å². The van der Waals surface area contributed by atoms with Crippen LogP contribution < -0.4 is 0 Å². The Labute approximate surface area is 174 Å². The van der Waals surface area contributed by atoms with Crippen molar-refractivity contribution in [1.29, 1.82) is 0 Å². The van der Waals surface area contributed by atoms with E-state index in [9.17, 15) is 0 Å². The highest BCUT2D eigenvalue weighted by molar-refractivity contribution is 6.09.